The SMILES string of the molecule is CCOc1ccc(C(=O)NC(=S)Nc2ccc(NC(=O)CC)cc2)cc1Cl. The van der Waals surface area contributed by atoms with Crippen molar-refractivity contribution in [3.05, 3.63) is 53.1 Å². The van der Waals surface area contributed by atoms with Crippen LogP contribution >= 0.6 is 23.8 Å². The summed E-state index contributed by atoms with van der Waals surface area (Å²) in [4.78, 5) is 23.7. The highest BCUT2D eigenvalue weighted by Gasteiger charge is 2.11. The van der Waals surface area contributed by atoms with Crippen LogP contribution in [0.5, 0.6) is 5.75 Å². The monoisotopic (exact) mass is 405 g/mol. The molecule has 2 amide bonds. The van der Waals surface area contributed by atoms with Crippen LogP contribution in [0.4, 0.5) is 11.4 Å². The van der Waals surface area contributed by atoms with Crippen molar-refractivity contribution < 1.29 is 14.3 Å². The van der Waals surface area contributed by atoms with Crippen molar-refractivity contribution in [2.45, 2.75) is 20.3 Å². The molecular weight excluding hydrogens is 386 g/mol. The number of thiocarbonyl (C=S) groups is 1. The zero-order valence-corrected chi connectivity index (χ0v) is 16.5. The van der Waals surface area contributed by atoms with E-state index in [9.17, 15) is 9.59 Å². The molecule has 0 radical (unpaired) electrons. The summed E-state index contributed by atoms with van der Waals surface area (Å²) < 4.78 is 5.34. The van der Waals surface area contributed by atoms with Crippen LogP contribution in [0.2, 0.25) is 5.02 Å². The highest BCUT2D eigenvalue weighted by Crippen LogP contribution is 2.25. The van der Waals surface area contributed by atoms with Gasteiger partial charge in [-0.3, -0.25) is 14.9 Å². The molecule has 27 heavy (non-hydrogen) atoms. The predicted octanol–water partition coefficient (Wildman–Crippen LogP) is 4.21. The van der Waals surface area contributed by atoms with E-state index in [1.165, 1.54) is 6.07 Å². The molecule has 0 bridgehead atoms. The molecule has 0 fully saturated rings. The van der Waals surface area contributed by atoms with Crippen molar-refractivity contribution in [3.8, 4) is 5.75 Å². The first-order chi connectivity index (χ1) is 12.9. The zero-order valence-electron chi connectivity index (χ0n) is 15.0. The Labute approximate surface area is 168 Å². The quantitative estimate of drug-likeness (QED) is 0.627. The summed E-state index contributed by atoms with van der Waals surface area (Å²) in [6.45, 7) is 4.12. The number of anilines is 2. The van der Waals surface area contributed by atoms with Crippen LogP contribution in [0.25, 0.3) is 0 Å². The van der Waals surface area contributed by atoms with E-state index in [-0.39, 0.29) is 16.9 Å². The molecule has 0 heterocycles. The number of halogens is 1. The van der Waals surface area contributed by atoms with Crippen molar-refractivity contribution >= 4 is 52.1 Å². The fraction of sp³-hybridized carbons (Fsp3) is 0.211. The second kappa shape index (κ2) is 9.89. The molecule has 0 saturated carbocycles. The van der Waals surface area contributed by atoms with E-state index in [2.05, 4.69) is 16.0 Å². The van der Waals surface area contributed by atoms with Gasteiger partial charge in [-0.2, -0.15) is 0 Å². The Balaban J connectivity index is 1.94. The van der Waals surface area contributed by atoms with Gasteiger partial charge in [0.15, 0.2) is 5.11 Å². The van der Waals surface area contributed by atoms with Gasteiger partial charge >= 0.3 is 0 Å². The Morgan fingerprint density at radius 1 is 1.04 bits per heavy atom. The number of amides is 2. The van der Waals surface area contributed by atoms with Crippen LogP contribution in [0, 0.1) is 0 Å². The van der Waals surface area contributed by atoms with E-state index < -0.39 is 0 Å². The van der Waals surface area contributed by atoms with Crippen LogP contribution in [0.1, 0.15) is 30.6 Å². The van der Waals surface area contributed by atoms with Crippen molar-refractivity contribution in [1.82, 2.24) is 5.32 Å². The number of ether oxygens (including phenoxy) is 1. The van der Waals surface area contributed by atoms with E-state index in [4.69, 9.17) is 28.6 Å². The number of carbonyl (C=O) groups is 2. The summed E-state index contributed by atoms with van der Waals surface area (Å²) >= 11 is 11.3. The molecule has 2 aromatic rings. The summed E-state index contributed by atoms with van der Waals surface area (Å²) in [5, 5.41) is 8.76. The summed E-state index contributed by atoms with van der Waals surface area (Å²) in [6, 6.07) is 11.8. The summed E-state index contributed by atoms with van der Waals surface area (Å²) in [7, 11) is 0. The molecule has 0 unspecified atom stereocenters. The van der Waals surface area contributed by atoms with E-state index in [0.717, 1.165) is 0 Å². The third-order valence-corrected chi connectivity index (χ3v) is 3.97. The highest BCUT2D eigenvalue weighted by molar-refractivity contribution is 7.80. The number of hydrogen-bond donors (Lipinski definition) is 3. The largest absolute Gasteiger partial charge is 0.492 e. The van der Waals surface area contributed by atoms with Gasteiger partial charge in [0.05, 0.1) is 11.6 Å². The number of rotatable bonds is 6. The maximum absolute atomic E-state index is 12.3. The van der Waals surface area contributed by atoms with Crippen molar-refractivity contribution in [3.63, 3.8) is 0 Å². The van der Waals surface area contributed by atoms with Gasteiger partial charge in [0.1, 0.15) is 5.75 Å². The van der Waals surface area contributed by atoms with Crippen LogP contribution in [0.3, 0.4) is 0 Å². The normalized spacial score (nSPS) is 10.0. The van der Waals surface area contributed by atoms with E-state index in [1.807, 2.05) is 6.92 Å². The van der Waals surface area contributed by atoms with Crippen LogP contribution in [-0.2, 0) is 4.79 Å². The van der Waals surface area contributed by atoms with Gasteiger partial charge in [0.2, 0.25) is 5.91 Å². The second-order valence-corrected chi connectivity index (χ2v) is 6.28. The average molecular weight is 406 g/mol. The van der Waals surface area contributed by atoms with E-state index >= 15 is 0 Å². The van der Waals surface area contributed by atoms with Gasteiger partial charge in [-0.15, -0.1) is 0 Å². The van der Waals surface area contributed by atoms with Gasteiger partial charge in [0.25, 0.3) is 5.91 Å². The molecule has 0 saturated heterocycles. The third kappa shape index (κ3) is 6.23. The number of benzene rings is 2. The maximum atomic E-state index is 12.3. The molecule has 0 spiro atoms. The van der Waals surface area contributed by atoms with Gasteiger partial charge < -0.3 is 15.4 Å². The van der Waals surface area contributed by atoms with Crippen LogP contribution < -0.4 is 20.7 Å². The molecule has 2 aromatic carbocycles. The number of carbonyl (C=O) groups excluding carboxylic acids is 2. The number of hydrogen-bond acceptors (Lipinski definition) is 4. The summed E-state index contributed by atoms with van der Waals surface area (Å²) in [5.74, 6) is 0.0726. The van der Waals surface area contributed by atoms with Gasteiger partial charge in [-0.1, -0.05) is 18.5 Å². The fourth-order valence-corrected chi connectivity index (χ4v) is 2.58. The smallest absolute Gasteiger partial charge is 0.257 e. The highest BCUT2D eigenvalue weighted by atomic mass is 35.5. The Hall–Kier alpha value is -2.64. The van der Waals surface area contributed by atoms with Crippen molar-refractivity contribution in [1.29, 1.82) is 0 Å². The summed E-state index contributed by atoms with van der Waals surface area (Å²) in [6.07, 6.45) is 0.408. The molecule has 0 aliphatic rings. The average Bonchev–Trinajstić information content (AvgIpc) is 2.64. The molecule has 8 heteroatoms. The molecule has 0 aliphatic carbocycles. The van der Waals surface area contributed by atoms with Gasteiger partial charge in [-0.05, 0) is 61.6 Å². The van der Waals surface area contributed by atoms with E-state index in [0.29, 0.717) is 40.7 Å². The van der Waals surface area contributed by atoms with Crippen LogP contribution in [-0.4, -0.2) is 23.5 Å². The Bertz CT molecular complexity index is 841. The molecular formula is C19H20ClN3O3S. The predicted molar refractivity (Wildman–Crippen MR) is 112 cm³/mol. The molecule has 3 N–H and O–H groups in total. The van der Waals surface area contributed by atoms with Crippen molar-refractivity contribution in [2.75, 3.05) is 17.2 Å². The molecule has 2 rings (SSSR count). The molecule has 6 nitrogen and oxygen atoms in total. The zero-order chi connectivity index (χ0) is 19.8. The van der Waals surface area contributed by atoms with E-state index in [1.54, 1.807) is 43.3 Å². The lowest BCUT2D eigenvalue weighted by atomic mass is 10.2. The minimum Gasteiger partial charge on any atom is -0.492 e. The third-order valence-electron chi connectivity index (χ3n) is 3.47. The molecule has 142 valence electrons. The van der Waals surface area contributed by atoms with Gasteiger partial charge in [-0.25, -0.2) is 0 Å². The Morgan fingerprint density at radius 3 is 2.22 bits per heavy atom. The minimum absolute atomic E-state index is 0.0625. The Morgan fingerprint density at radius 2 is 1.67 bits per heavy atom. The second-order valence-electron chi connectivity index (χ2n) is 5.47. The van der Waals surface area contributed by atoms with Crippen LogP contribution in [0.15, 0.2) is 42.5 Å². The lowest BCUT2D eigenvalue weighted by Crippen LogP contribution is -2.34. The first-order valence-corrected chi connectivity index (χ1v) is 9.16. The minimum atomic E-state index is -0.385. The first-order valence-electron chi connectivity index (χ1n) is 8.37. The lowest BCUT2D eigenvalue weighted by molar-refractivity contribution is -0.115. The maximum Gasteiger partial charge on any atom is 0.257 e. The Kier molecular flexibility index (Phi) is 7.57. The standard InChI is InChI=1S/C19H20ClN3O3S/c1-3-17(24)21-13-6-8-14(9-7-13)22-19(27)23-18(25)12-5-10-16(26-4-2)15(20)11-12/h5-11H,3-4H2,1-2H3,(H,21,24)(H2,22,23,25,27). The van der Waals surface area contributed by atoms with Crippen molar-refractivity contribution in [2.24, 2.45) is 0 Å². The molecule has 0 atom stereocenters. The topological polar surface area (TPSA) is 79.5 Å². The van der Waals surface area contributed by atoms with Gasteiger partial charge in [0, 0.05) is 23.4 Å². The molecule has 0 aliphatic heterocycles. The number of nitrogens with one attached hydrogen (secondary N) is 3. The first kappa shape index (κ1) is 20.7. The molecule has 0 aromatic heterocycles. The summed E-state index contributed by atoms with van der Waals surface area (Å²) in [5.41, 5.74) is 1.73. The lowest BCUT2D eigenvalue weighted by Gasteiger charge is -2.11. The fourth-order valence-electron chi connectivity index (χ4n) is 2.14.